The highest BCUT2D eigenvalue weighted by Gasteiger charge is 2.17. The first-order chi connectivity index (χ1) is 31.4. The van der Waals surface area contributed by atoms with Crippen LogP contribution < -0.4 is 18.1 Å². The summed E-state index contributed by atoms with van der Waals surface area (Å²) >= 11 is 0. The average molecular weight is 1140 g/mol. The summed E-state index contributed by atoms with van der Waals surface area (Å²) in [6, 6.07) is 34.7. The van der Waals surface area contributed by atoms with Gasteiger partial charge >= 0.3 is 0 Å². The number of benzene rings is 4. The fourth-order valence-corrected chi connectivity index (χ4v) is 6.10. The number of hydrogen-bond donors (Lipinski definition) is 0. The van der Waals surface area contributed by atoms with Crippen molar-refractivity contribution < 1.29 is 63.6 Å². The summed E-state index contributed by atoms with van der Waals surface area (Å²) < 4.78 is 112. The summed E-state index contributed by atoms with van der Waals surface area (Å²) in [4.78, 5) is 0. The quantitative estimate of drug-likeness (QED) is 0.115. The third-order valence-electron chi connectivity index (χ3n) is 6.31. The van der Waals surface area contributed by atoms with Crippen LogP contribution in [0.4, 0.5) is 0 Å². The molecular formula is C50H97O14P7. The largest absolute Gasteiger partial charge is 0.443 e. The van der Waals surface area contributed by atoms with Crippen LogP contribution in [0.1, 0.15) is 67.5 Å². The van der Waals surface area contributed by atoms with E-state index in [0.29, 0.717) is 5.75 Å². The van der Waals surface area contributed by atoms with Crippen molar-refractivity contribution in [2.24, 2.45) is 0 Å². The normalized spacial score (nSPS) is 10.6. The first-order valence-electron chi connectivity index (χ1n) is 22.0. The molecule has 0 aliphatic carbocycles. The van der Waals surface area contributed by atoms with Gasteiger partial charge in [0.05, 0.1) is 0 Å². The maximum atomic E-state index is 11.8. The Morgan fingerprint density at radius 3 is 0.634 bits per heavy atom. The van der Waals surface area contributed by atoms with Crippen LogP contribution in [-0.2, 0) is 51.9 Å². The number of rotatable bonds is 13. The molecule has 4 rings (SSSR count). The van der Waals surface area contributed by atoms with Gasteiger partial charge in [0.1, 0.15) is 23.0 Å². The van der Waals surface area contributed by atoms with Crippen molar-refractivity contribution in [2.45, 2.75) is 62.8 Å². The van der Waals surface area contributed by atoms with Crippen LogP contribution in [0.25, 0.3) is 0 Å². The first-order valence-corrected chi connectivity index (χ1v) is 39.7. The zero-order valence-electron chi connectivity index (χ0n) is 45.9. The summed E-state index contributed by atoms with van der Waals surface area (Å²) in [5, 5.41) is 0. The molecule has 14 nitrogen and oxygen atoms in total. The highest BCUT2D eigenvalue weighted by atomic mass is 31.2. The van der Waals surface area contributed by atoms with Crippen LogP contribution in [0.2, 0.25) is 0 Å². The fraction of sp³-hybridized carbons (Fsp3) is 0.520. The van der Waals surface area contributed by atoms with Crippen molar-refractivity contribution in [1.29, 1.82) is 0 Å². The van der Waals surface area contributed by atoms with Gasteiger partial charge in [-0.25, -0.2) is 0 Å². The molecule has 71 heavy (non-hydrogen) atoms. The lowest BCUT2D eigenvalue weighted by Gasteiger charge is -2.17. The number of para-hydroxylation sites is 1. The second kappa shape index (κ2) is 42.9. The van der Waals surface area contributed by atoms with Gasteiger partial charge in [0.15, 0.2) is 22.1 Å². The molecule has 4 aromatic rings. The molecule has 0 amide bonds. The minimum atomic E-state index is -2.78. The molecule has 416 valence electrons. The van der Waals surface area contributed by atoms with E-state index in [1.807, 2.05) is 59.7 Å². The van der Waals surface area contributed by atoms with Gasteiger partial charge < -0.3 is 31.7 Å². The summed E-state index contributed by atoms with van der Waals surface area (Å²) in [5.74, 6) is 1.41. The van der Waals surface area contributed by atoms with Crippen LogP contribution in [0.15, 0.2) is 109 Å². The van der Waals surface area contributed by atoms with Crippen LogP contribution in [0.5, 0.6) is 23.0 Å². The van der Waals surface area contributed by atoms with Gasteiger partial charge in [-0.05, 0) is 29.7 Å². The van der Waals surface area contributed by atoms with Gasteiger partial charge in [0.2, 0.25) is 29.5 Å². The molecule has 0 aliphatic heterocycles. The van der Waals surface area contributed by atoms with E-state index in [4.69, 9.17) is 18.1 Å². The van der Waals surface area contributed by atoms with E-state index in [1.165, 1.54) is 90.6 Å². The zero-order valence-corrected chi connectivity index (χ0v) is 52.2. The van der Waals surface area contributed by atoms with Gasteiger partial charge in [-0.1, -0.05) is 135 Å². The molecule has 0 fully saturated rings. The lowest BCUT2D eigenvalue weighted by Crippen LogP contribution is -1.95. The van der Waals surface area contributed by atoms with Crippen LogP contribution in [0.3, 0.4) is 0 Å². The Morgan fingerprint density at radius 1 is 0.296 bits per heavy atom. The van der Waals surface area contributed by atoms with E-state index < -0.39 is 51.6 Å². The van der Waals surface area contributed by atoms with Crippen LogP contribution >= 0.6 is 51.6 Å². The molecule has 0 N–H and O–H groups in total. The van der Waals surface area contributed by atoms with Crippen LogP contribution in [0, 0.1) is 0 Å². The Labute approximate surface area is 434 Å². The van der Waals surface area contributed by atoms with Crippen molar-refractivity contribution in [2.75, 3.05) is 115 Å². The third-order valence-corrected chi connectivity index (χ3v) is 11.6. The van der Waals surface area contributed by atoms with E-state index in [0.717, 1.165) is 6.42 Å². The lowest BCUT2D eigenvalue weighted by molar-refractivity contribution is 0.403. The molecule has 0 heterocycles. The van der Waals surface area contributed by atoms with Gasteiger partial charge in [-0.2, -0.15) is 0 Å². The lowest BCUT2D eigenvalue weighted by atomic mass is 10.1. The minimum Gasteiger partial charge on any atom is -0.443 e. The Bertz CT molecular complexity index is 2030. The topological polar surface area (TPSA) is 184 Å². The third kappa shape index (κ3) is 65.6. The highest BCUT2D eigenvalue weighted by molar-refractivity contribution is 7.59. The van der Waals surface area contributed by atoms with Crippen molar-refractivity contribution in [3.05, 3.63) is 120 Å². The SMILES string of the molecule is C.C.CC.CC.CC.COP(C)(C)=O.COP(C)(C)=O.COP(C)(C)=O.CP(C)(=O)Oc1cc(OP(C)(C)=O)cc(OP(C)(C)=O)c1.CP(C)(=O)Oc1ccccc1.c1ccc(Cc2ccccc2)cc1. The molecule has 0 radical (unpaired) electrons. The van der Waals surface area contributed by atoms with E-state index >= 15 is 0 Å². The molecule has 0 atom stereocenters. The summed E-state index contributed by atoms with van der Waals surface area (Å²) in [7, 11) is -12.8. The minimum absolute atomic E-state index is 0. The highest BCUT2D eigenvalue weighted by Crippen LogP contribution is 2.47. The maximum absolute atomic E-state index is 11.8. The van der Waals surface area contributed by atoms with Gasteiger partial charge in [0, 0.05) is 133 Å². The average Bonchev–Trinajstić information content (AvgIpc) is 3.22. The molecule has 0 spiro atoms. The maximum Gasteiger partial charge on any atom is 0.242 e. The predicted molar refractivity (Wildman–Crippen MR) is 316 cm³/mol. The van der Waals surface area contributed by atoms with E-state index in [1.54, 1.807) is 65.5 Å². The van der Waals surface area contributed by atoms with Crippen molar-refractivity contribution in [1.82, 2.24) is 0 Å². The molecule has 0 aromatic heterocycles. The first kappa shape index (κ1) is 82.6. The number of hydrogen-bond acceptors (Lipinski definition) is 14. The molecule has 0 saturated carbocycles. The van der Waals surface area contributed by atoms with E-state index in [-0.39, 0.29) is 32.1 Å². The van der Waals surface area contributed by atoms with Crippen molar-refractivity contribution >= 4 is 51.6 Å². The predicted octanol–water partition coefficient (Wildman–Crippen LogP) is 18.2. The Hall–Kier alpha value is -2.43. The zero-order chi connectivity index (χ0) is 55.3. The monoisotopic (exact) mass is 1140 g/mol. The van der Waals surface area contributed by atoms with Crippen molar-refractivity contribution in [3.63, 3.8) is 0 Å². The van der Waals surface area contributed by atoms with Crippen LogP contribution in [-0.4, -0.2) is 115 Å². The summed E-state index contributed by atoms with van der Waals surface area (Å²) in [5.41, 5.74) is 2.74. The summed E-state index contributed by atoms with van der Waals surface area (Å²) in [6.07, 6.45) is 1.03. The van der Waals surface area contributed by atoms with Gasteiger partial charge in [-0.15, -0.1) is 0 Å². The van der Waals surface area contributed by atoms with Crippen molar-refractivity contribution in [3.8, 4) is 23.0 Å². The standard InChI is InChI=1S/C13H12.C12H21O6P3.C8H11O2P.3C3H9O2P.3C2H6.2CH4/c1-3-7-12(8-4-1)11-13-9-5-2-6-10-13;1-19(2,13)16-10-7-11(17-20(3,4)14)9-12(8-10)18-21(5,6)15;1-11(2,9)10-8-6-4-3-5-7-8;3*1-5-6(2,3)4;3*1-2;;/h1-10H,11H2;7-9H,1-6H3;3-7H,1-2H3;3*1-3H3;3*1-2H3;2*1H4. The summed E-state index contributed by atoms with van der Waals surface area (Å²) in [6.45, 7) is 33.5. The molecular weight excluding hydrogens is 1040 g/mol. The Balaban J connectivity index is -0.000000143. The molecule has 4 aromatic carbocycles. The molecule has 0 bridgehead atoms. The van der Waals surface area contributed by atoms with E-state index in [2.05, 4.69) is 74.2 Å². The Morgan fingerprint density at radius 2 is 0.465 bits per heavy atom. The van der Waals surface area contributed by atoms with Gasteiger partial charge in [-0.3, -0.25) is 32.0 Å². The Kier molecular flexibility index (Phi) is 49.9. The molecule has 0 aliphatic rings. The second-order valence-corrected chi connectivity index (χ2v) is 35.1. The second-order valence-electron chi connectivity index (χ2n) is 15.8. The molecule has 0 saturated heterocycles. The molecule has 21 heteroatoms. The molecule has 0 unspecified atom stereocenters. The fourth-order valence-electron chi connectivity index (χ4n) is 3.63. The smallest absolute Gasteiger partial charge is 0.242 e. The van der Waals surface area contributed by atoms with E-state index in [9.17, 15) is 32.0 Å². The van der Waals surface area contributed by atoms with Gasteiger partial charge in [0.25, 0.3) is 0 Å².